The topological polar surface area (TPSA) is 83.7 Å². The summed E-state index contributed by atoms with van der Waals surface area (Å²) in [6.07, 6.45) is 0.755. The Morgan fingerprint density at radius 1 is 1.32 bits per heavy atom. The van der Waals surface area contributed by atoms with Gasteiger partial charge in [-0.2, -0.15) is 10.4 Å². The minimum absolute atomic E-state index is 0.394. The van der Waals surface area contributed by atoms with Gasteiger partial charge in [0.15, 0.2) is 6.10 Å². The van der Waals surface area contributed by atoms with Gasteiger partial charge in [-0.1, -0.05) is 15.9 Å². The van der Waals surface area contributed by atoms with Crippen molar-refractivity contribution in [1.82, 2.24) is 5.43 Å². The number of ether oxygens (including phenoxy) is 2. The fourth-order valence-corrected chi connectivity index (χ4v) is 2.31. The normalized spacial score (nSPS) is 11.6. The Morgan fingerprint density at radius 3 is 2.68 bits per heavy atom. The molecule has 0 saturated carbocycles. The van der Waals surface area contributed by atoms with E-state index in [9.17, 15) is 4.79 Å². The largest absolute Gasteiger partial charge is 0.496 e. The van der Waals surface area contributed by atoms with E-state index in [1.807, 2.05) is 18.2 Å². The quantitative estimate of drug-likeness (QED) is 0.594. The number of hydrogen-bond donors (Lipinski definition) is 1. The Balaban J connectivity index is 1.95. The summed E-state index contributed by atoms with van der Waals surface area (Å²) < 4.78 is 11.6. The van der Waals surface area contributed by atoms with E-state index in [0.29, 0.717) is 17.1 Å². The van der Waals surface area contributed by atoms with Crippen LogP contribution < -0.4 is 14.9 Å². The fraction of sp³-hybridized carbons (Fsp3) is 0.167. The van der Waals surface area contributed by atoms with Gasteiger partial charge in [-0.05, 0) is 49.4 Å². The van der Waals surface area contributed by atoms with Crippen molar-refractivity contribution >= 4 is 28.1 Å². The van der Waals surface area contributed by atoms with E-state index in [2.05, 4.69) is 26.5 Å². The number of nitrogens with one attached hydrogen (secondary N) is 1. The van der Waals surface area contributed by atoms with Crippen molar-refractivity contribution in [2.75, 3.05) is 7.11 Å². The zero-order valence-corrected chi connectivity index (χ0v) is 15.3. The van der Waals surface area contributed by atoms with E-state index in [0.717, 1.165) is 10.0 Å². The highest BCUT2D eigenvalue weighted by Gasteiger charge is 2.14. The van der Waals surface area contributed by atoms with Crippen LogP contribution in [0.2, 0.25) is 0 Å². The number of amides is 1. The summed E-state index contributed by atoms with van der Waals surface area (Å²) >= 11 is 3.37. The molecule has 1 atom stereocenters. The molecule has 0 aliphatic carbocycles. The molecule has 1 unspecified atom stereocenters. The lowest BCUT2D eigenvalue weighted by Crippen LogP contribution is -2.33. The molecule has 7 heteroatoms. The highest BCUT2D eigenvalue weighted by molar-refractivity contribution is 9.10. The molecule has 0 aliphatic rings. The van der Waals surface area contributed by atoms with E-state index in [4.69, 9.17) is 14.7 Å². The summed E-state index contributed by atoms with van der Waals surface area (Å²) in [5.41, 5.74) is 3.67. The van der Waals surface area contributed by atoms with Crippen LogP contribution in [0.15, 0.2) is 52.0 Å². The van der Waals surface area contributed by atoms with Gasteiger partial charge in [-0.25, -0.2) is 5.43 Å². The van der Waals surface area contributed by atoms with Crippen LogP contribution >= 0.6 is 15.9 Å². The molecule has 2 aromatic carbocycles. The number of nitrogens with zero attached hydrogens (tertiary/aromatic N) is 2. The average Bonchev–Trinajstić information content (AvgIpc) is 2.62. The molecule has 0 aliphatic heterocycles. The Labute approximate surface area is 154 Å². The molecule has 2 aromatic rings. The molecular weight excluding hydrogens is 386 g/mol. The third kappa shape index (κ3) is 5.33. The molecule has 1 N–H and O–H groups in total. The van der Waals surface area contributed by atoms with Gasteiger partial charge in [-0.3, -0.25) is 4.79 Å². The van der Waals surface area contributed by atoms with Crippen LogP contribution in [0, 0.1) is 11.3 Å². The van der Waals surface area contributed by atoms with Gasteiger partial charge in [0.25, 0.3) is 5.91 Å². The molecule has 0 saturated heterocycles. The van der Waals surface area contributed by atoms with Crippen molar-refractivity contribution in [3.8, 4) is 17.6 Å². The number of carbonyl (C=O) groups is 1. The van der Waals surface area contributed by atoms with E-state index in [-0.39, 0.29) is 0 Å². The van der Waals surface area contributed by atoms with E-state index in [1.165, 1.54) is 6.21 Å². The first-order chi connectivity index (χ1) is 12.0. The zero-order valence-electron chi connectivity index (χ0n) is 13.7. The molecule has 0 heterocycles. The van der Waals surface area contributed by atoms with E-state index in [1.54, 1.807) is 44.4 Å². The van der Waals surface area contributed by atoms with Crippen molar-refractivity contribution < 1.29 is 14.3 Å². The number of nitriles is 1. The highest BCUT2D eigenvalue weighted by Crippen LogP contribution is 2.21. The Morgan fingerprint density at radius 2 is 2.04 bits per heavy atom. The molecule has 0 radical (unpaired) electrons. The maximum absolute atomic E-state index is 12.0. The molecule has 0 aromatic heterocycles. The minimum atomic E-state index is -0.741. The monoisotopic (exact) mass is 401 g/mol. The number of rotatable bonds is 6. The number of halogens is 1. The molecule has 128 valence electrons. The number of methoxy groups -OCH3 is 1. The van der Waals surface area contributed by atoms with Gasteiger partial charge >= 0.3 is 0 Å². The zero-order chi connectivity index (χ0) is 18.2. The van der Waals surface area contributed by atoms with Gasteiger partial charge in [0.1, 0.15) is 11.5 Å². The van der Waals surface area contributed by atoms with Crippen molar-refractivity contribution in [2.45, 2.75) is 13.0 Å². The van der Waals surface area contributed by atoms with Gasteiger partial charge in [0, 0.05) is 10.0 Å². The van der Waals surface area contributed by atoms with Gasteiger partial charge in [0.05, 0.1) is 25.0 Å². The maximum atomic E-state index is 12.0. The standard InChI is InChI=1S/C18H16BrN3O3/c1-12(25-16-6-3-13(10-20)4-7-16)18(23)22-21-11-14-9-15(19)5-8-17(14)24-2/h3-9,11-12H,1-2H3,(H,22,23)/b21-11+. The van der Waals surface area contributed by atoms with E-state index >= 15 is 0 Å². The molecule has 0 bridgehead atoms. The predicted molar refractivity (Wildman–Crippen MR) is 97.7 cm³/mol. The van der Waals surface area contributed by atoms with Gasteiger partial charge in [-0.15, -0.1) is 0 Å². The first-order valence-corrected chi connectivity index (χ1v) is 8.16. The first kappa shape index (κ1) is 18.5. The van der Waals surface area contributed by atoms with Crippen molar-refractivity contribution in [3.63, 3.8) is 0 Å². The molecule has 1 amide bonds. The van der Waals surface area contributed by atoms with Gasteiger partial charge < -0.3 is 9.47 Å². The number of hydrogen-bond acceptors (Lipinski definition) is 5. The fourth-order valence-electron chi connectivity index (χ4n) is 1.93. The smallest absolute Gasteiger partial charge is 0.280 e. The Kier molecular flexibility index (Phi) is 6.54. The minimum Gasteiger partial charge on any atom is -0.496 e. The molecule has 0 fully saturated rings. The molecule has 6 nitrogen and oxygen atoms in total. The first-order valence-electron chi connectivity index (χ1n) is 7.36. The summed E-state index contributed by atoms with van der Waals surface area (Å²) in [6, 6.07) is 14.0. The summed E-state index contributed by atoms with van der Waals surface area (Å²) in [4.78, 5) is 12.0. The molecule has 25 heavy (non-hydrogen) atoms. The average molecular weight is 402 g/mol. The van der Waals surface area contributed by atoms with E-state index < -0.39 is 12.0 Å². The Hall–Kier alpha value is -2.85. The van der Waals surface area contributed by atoms with Crippen LogP contribution in [0.3, 0.4) is 0 Å². The van der Waals surface area contributed by atoms with Crippen LogP contribution in [0.5, 0.6) is 11.5 Å². The second-order valence-electron chi connectivity index (χ2n) is 5.02. The lowest BCUT2D eigenvalue weighted by Gasteiger charge is -2.12. The summed E-state index contributed by atoms with van der Waals surface area (Å²) in [7, 11) is 1.56. The summed E-state index contributed by atoms with van der Waals surface area (Å²) in [5, 5.41) is 12.7. The molecule has 0 spiro atoms. The summed E-state index contributed by atoms with van der Waals surface area (Å²) in [6.45, 7) is 1.61. The number of carbonyl (C=O) groups excluding carboxylic acids is 1. The Bertz CT molecular complexity index is 813. The SMILES string of the molecule is COc1ccc(Br)cc1/C=N/NC(=O)C(C)Oc1ccc(C#N)cc1. The van der Waals surface area contributed by atoms with Crippen molar-refractivity contribution in [1.29, 1.82) is 5.26 Å². The van der Waals surface area contributed by atoms with Crippen LogP contribution in [0.1, 0.15) is 18.1 Å². The van der Waals surface area contributed by atoms with Gasteiger partial charge in [0.2, 0.25) is 0 Å². The highest BCUT2D eigenvalue weighted by atomic mass is 79.9. The second kappa shape index (κ2) is 8.85. The van der Waals surface area contributed by atoms with Crippen LogP contribution in [0.4, 0.5) is 0 Å². The number of hydrazone groups is 1. The predicted octanol–water partition coefficient (Wildman–Crippen LogP) is 3.25. The van der Waals surface area contributed by atoms with Crippen LogP contribution in [-0.2, 0) is 4.79 Å². The summed E-state index contributed by atoms with van der Waals surface area (Å²) in [5.74, 6) is 0.747. The van der Waals surface area contributed by atoms with Crippen molar-refractivity contribution in [3.05, 3.63) is 58.1 Å². The second-order valence-corrected chi connectivity index (χ2v) is 5.93. The third-order valence-corrected chi connectivity index (χ3v) is 3.73. The van der Waals surface area contributed by atoms with Crippen molar-refractivity contribution in [2.24, 2.45) is 5.10 Å². The molecular formula is C18H16BrN3O3. The lowest BCUT2D eigenvalue weighted by atomic mass is 10.2. The molecule has 2 rings (SSSR count). The lowest BCUT2D eigenvalue weighted by molar-refractivity contribution is -0.127. The maximum Gasteiger partial charge on any atom is 0.280 e. The third-order valence-electron chi connectivity index (χ3n) is 3.24. The van der Waals surface area contributed by atoms with Crippen LogP contribution in [0.25, 0.3) is 0 Å². The van der Waals surface area contributed by atoms with Crippen LogP contribution in [-0.4, -0.2) is 25.3 Å². The number of benzene rings is 2.